The number of hydrogen-bond acceptors (Lipinski definition) is 5. The molecule has 2 N–H and O–H groups in total. The number of aliphatic carboxylic acids is 1. The first kappa shape index (κ1) is 21.3. The van der Waals surface area contributed by atoms with E-state index in [-0.39, 0.29) is 11.3 Å². The van der Waals surface area contributed by atoms with Crippen molar-refractivity contribution >= 4 is 5.97 Å². The minimum absolute atomic E-state index is 0.233. The molecular weight excluding hydrogens is 354 g/mol. The molecule has 0 aromatic carbocycles. The van der Waals surface area contributed by atoms with Crippen LogP contribution in [-0.4, -0.2) is 27.3 Å². The Balaban J connectivity index is 1.68. The minimum Gasteiger partial charge on any atom is -0.481 e. The highest BCUT2D eigenvalue weighted by Gasteiger charge is 2.41. The second-order valence-electron chi connectivity index (χ2n) is 9.93. The summed E-state index contributed by atoms with van der Waals surface area (Å²) in [5, 5.41) is 17.5. The van der Waals surface area contributed by atoms with Crippen LogP contribution in [0.15, 0.2) is 4.52 Å². The van der Waals surface area contributed by atoms with Gasteiger partial charge in [0.15, 0.2) is 5.82 Å². The monoisotopic (exact) mass is 391 g/mol. The molecule has 2 atom stereocenters. The number of carboxylic acids is 1. The van der Waals surface area contributed by atoms with Gasteiger partial charge in [0.1, 0.15) is 0 Å². The van der Waals surface area contributed by atoms with Gasteiger partial charge in [0.05, 0.1) is 18.4 Å². The Morgan fingerprint density at radius 1 is 1.21 bits per heavy atom. The van der Waals surface area contributed by atoms with Crippen molar-refractivity contribution in [3.8, 4) is 0 Å². The van der Waals surface area contributed by atoms with Crippen LogP contribution in [0.4, 0.5) is 0 Å². The van der Waals surface area contributed by atoms with Gasteiger partial charge in [0.2, 0.25) is 5.89 Å². The highest BCUT2D eigenvalue weighted by Crippen LogP contribution is 2.41. The van der Waals surface area contributed by atoms with Crippen LogP contribution >= 0.6 is 0 Å². The first-order valence-electron chi connectivity index (χ1n) is 11.1. The maximum absolute atomic E-state index is 12.2. The highest BCUT2D eigenvalue weighted by atomic mass is 16.5. The smallest absolute Gasteiger partial charge is 0.307 e. The molecule has 0 aliphatic heterocycles. The Labute approximate surface area is 168 Å². The van der Waals surface area contributed by atoms with E-state index in [0.29, 0.717) is 24.3 Å². The molecule has 0 bridgehead atoms. The molecule has 1 unspecified atom stereocenters. The summed E-state index contributed by atoms with van der Waals surface area (Å²) in [6, 6.07) is 0.578. The average Bonchev–Trinajstić information content (AvgIpc) is 3.34. The largest absolute Gasteiger partial charge is 0.481 e. The van der Waals surface area contributed by atoms with Crippen LogP contribution in [0.1, 0.15) is 103 Å². The zero-order valence-corrected chi connectivity index (χ0v) is 17.7. The van der Waals surface area contributed by atoms with Gasteiger partial charge in [0.25, 0.3) is 0 Å². The fraction of sp³-hybridized carbons (Fsp3) is 0.864. The molecule has 0 radical (unpaired) electrons. The Hall–Kier alpha value is -1.43. The lowest BCUT2D eigenvalue weighted by Crippen LogP contribution is -2.34. The predicted octanol–water partition coefficient (Wildman–Crippen LogP) is 4.90. The molecule has 2 aliphatic rings. The zero-order chi connectivity index (χ0) is 20.1. The van der Waals surface area contributed by atoms with Crippen molar-refractivity contribution in [2.24, 2.45) is 17.3 Å². The summed E-state index contributed by atoms with van der Waals surface area (Å²) < 4.78 is 5.58. The molecule has 6 nitrogen and oxygen atoms in total. The van der Waals surface area contributed by atoms with E-state index in [1.807, 2.05) is 20.8 Å². The van der Waals surface area contributed by atoms with Crippen LogP contribution in [0.5, 0.6) is 0 Å². The zero-order valence-electron chi connectivity index (χ0n) is 17.7. The van der Waals surface area contributed by atoms with Crippen LogP contribution in [0.2, 0.25) is 0 Å². The number of nitrogens with zero attached hydrogens (tertiary/aromatic N) is 2. The van der Waals surface area contributed by atoms with Crippen molar-refractivity contribution in [2.45, 2.75) is 103 Å². The number of hydrogen-bond donors (Lipinski definition) is 2. The lowest BCUT2D eigenvalue weighted by molar-refractivity contribution is -0.147. The van der Waals surface area contributed by atoms with Crippen LogP contribution in [0, 0.1) is 17.3 Å². The molecule has 2 saturated carbocycles. The topological polar surface area (TPSA) is 88.2 Å². The Bertz CT molecular complexity index is 627. The van der Waals surface area contributed by atoms with E-state index in [2.05, 4.69) is 15.5 Å². The molecule has 158 valence electrons. The summed E-state index contributed by atoms with van der Waals surface area (Å²) in [5.41, 5.74) is -0.373. The van der Waals surface area contributed by atoms with E-state index in [4.69, 9.17) is 4.52 Å². The van der Waals surface area contributed by atoms with Gasteiger partial charge in [-0.25, -0.2) is 0 Å². The third kappa shape index (κ3) is 6.03. The average molecular weight is 392 g/mol. The summed E-state index contributed by atoms with van der Waals surface area (Å²) in [7, 11) is 0. The molecule has 6 heteroatoms. The third-order valence-corrected chi connectivity index (χ3v) is 6.38. The number of aromatic nitrogens is 2. The maximum atomic E-state index is 12.2. The van der Waals surface area contributed by atoms with Crippen molar-refractivity contribution in [2.75, 3.05) is 0 Å². The van der Waals surface area contributed by atoms with E-state index < -0.39 is 11.9 Å². The number of carbonyl (C=O) groups is 1. The van der Waals surface area contributed by atoms with Crippen molar-refractivity contribution < 1.29 is 14.4 Å². The molecule has 3 rings (SSSR count). The quantitative estimate of drug-likeness (QED) is 0.589. The summed E-state index contributed by atoms with van der Waals surface area (Å²) in [5.74, 6) is 0.391. The van der Waals surface area contributed by atoms with Crippen LogP contribution in [-0.2, 0) is 11.3 Å². The molecule has 2 fully saturated rings. The molecule has 0 spiro atoms. The first-order chi connectivity index (χ1) is 13.3. The van der Waals surface area contributed by atoms with Gasteiger partial charge in [-0.05, 0) is 30.6 Å². The molecule has 28 heavy (non-hydrogen) atoms. The van der Waals surface area contributed by atoms with Crippen LogP contribution in [0.25, 0.3) is 0 Å². The van der Waals surface area contributed by atoms with E-state index in [9.17, 15) is 9.90 Å². The number of nitrogens with one attached hydrogen (secondary N) is 1. The third-order valence-electron chi connectivity index (χ3n) is 6.38. The highest BCUT2D eigenvalue weighted by molar-refractivity contribution is 5.72. The Kier molecular flexibility index (Phi) is 7.13. The molecule has 0 saturated heterocycles. The van der Waals surface area contributed by atoms with Crippen molar-refractivity contribution in [3.05, 3.63) is 11.7 Å². The van der Waals surface area contributed by atoms with Gasteiger partial charge in [-0.15, -0.1) is 0 Å². The fourth-order valence-corrected chi connectivity index (χ4v) is 4.69. The van der Waals surface area contributed by atoms with E-state index in [1.54, 1.807) is 0 Å². The normalized spacial score (nSPS) is 20.8. The molecule has 0 amide bonds. The van der Waals surface area contributed by atoms with Gasteiger partial charge < -0.3 is 14.9 Å². The van der Waals surface area contributed by atoms with Gasteiger partial charge in [-0.2, -0.15) is 4.98 Å². The van der Waals surface area contributed by atoms with Crippen molar-refractivity contribution in [3.63, 3.8) is 0 Å². The second-order valence-corrected chi connectivity index (χ2v) is 9.93. The van der Waals surface area contributed by atoms with Gasteiger partial charge in [0, 0.05) is 6.04 Å². The summed E-state index contributed by atoms with van der Waals surface area (Å²) in [6.45, 7) is 6.57. The van der Waals surface area contributed by atoms with Gasteiger partial charge in [-0.1, -0.05) is 70.9 Å². The standard InChI is InChI=1S/C22H37N3O3/c1-22(2,3)19(21(26)27)17(11-7-10-15-8-5-4-6-9-15)20-24-18(25-28-20)14-23-16-12-13-16/h15-17,19,23H,4-14H2,1-3H3,(H,26,27)/t17-,19?/m1/s1. The molecule has 1 heterocycles. The van der Waals surface area contributed by atoms with Gasteiger partial charge >= 0.3 is 5.97 Å². The molecule has 1 aromatic heterocycles. The van der Waals surface area contributed by atoms with Crippen molar-refractivity contribution in [1.82, 2.24) is 15.5 Å². The lowest BCUT2D eigenvalue weighted by Gasteiger charge is -2.32. The van der Waals surface area contributed by atoms with Crippen molar-refractivity contribution in [1.29, 1.82) is 0 Å². The van der Waals surface area contributed by atoms with E-state index >= 15 is 0 Å². The molecule has 1 aromatic rings. The second kappa shape index (κ2) is 9.38. The van der Waals surface area contributed by atoms with Gasteiger partial charge in [-0.3, -0.25) is 4.79 Å². The van der Waals surface area contributed by atoms with Crippen LogP contribution in [0.3, 0.4) is 0 Å². The Morgan fingerprint density at radius 2 is 1.93 bits per heavy atom. The minimum atomic E-state index is -0.772. The van der Waals surface area contributed by atoms with E-state index in [1.165, 1.54) is 51.4 Å². The predicted molar refractivity (Wildman–Crippen MR) is 108 cm³/mol. The molecular formula is C22H37N3O3. The summed E-state index contributed by atoms with van der Waals surface area (Å²) >= 11 is 0. The first-order valence-corrected chi connectivity index (χ1v) is 11.1. The molecule has 2 aliphatic carbocycles. The number of rotatable bonds is 10. The summed E-state index contributed by atoms with van der Waals surface area (Å²) in [6.07, 6.45) is 12.1. The van der Waals surface area contributed by atoms with Crippen LogP contribution < -0.4 is 5.32 Å². The van der Waals surface area contributed by atoms with E-state index in [0.717, 1.165) is 18.8 Å². The summed E-state index contributed by atoms with van der Waals surface area (Å²) in [4.78, 5) is 16.7. The lowest BCUT2D eigenvalue weighted by atomic mass is 9.71. The SMILES string of the molecule is CC(C)(C)C(C(=O)O)[C@@H](CCCC1CCCCC1)c1nc(CNC2CC2)no1. The maximum Gasteiger partial charge on any atom is 0.307 e. The number of carboxylic acid groups (broad SMARTS) is 1. The fourth-order valence-electron chi connectivity index (χ4n) is 4.69. The Morgan fingerprint density at radius 3 is 2.54 bits per heavy atom.